The van der Waals surface area contributed by atoms with Crippen molar-refractivity contribution in [1.82, 2.24) is 24.7 Å². The van der Waals surface area contributed by atoms with Crippen LogP contribution in [-0.4, -0.2) is 24.7 Å². The minimum Gasteiger partial charge on any atom is -0.319 e. The van der Waals surface area contributed by atoms with Gasteiger partial charge in [-0.1, -0.05) is 41.9 Å². The van der Waals surface area contributed by atoms with E-state index in [0.29, 0.717) is 22.6 Å². The lowest BCUT2D eigenvalue weighted by Gasteiger charge is -2.10. The van der Waals surface area contributed by atoms with Gasteiger partial charge in [0.1, 0.15) is 18.1 Å². The smallest absolute Gasteiger partial charge is 0.319 e. The number of halogens is 2. The molecule has 0 radical (unpaired) electrons. The summed E-state index contributed by atoms with van der Waals surface area (Å²) in [6.07, 6.45) is 1.05. The van der Waals surface area contributed by atoms with Crippen LogP contribution in [0.5, 0.6) is 0 Å². The number of hydrogen-bond acceptors (Lipinski definition) is 5. The zero-order chi connectivity index (χ0) is 24.0. The zero-order valence-electron chi connectivity index (χ0n) is 18.4. The molecule has 1 aromatic carbocycles. The molecule has 4 aromatic heterocycles. The summed E-state index contributed by atoms with van der Waals surface area (Å²) in [5.74, 6) is -0.531. The number of aryl methyl sites for hydroxylation is 2. The van der Waals surface area contributed by atoms with Gasteiger partial charge in [0.25, 0.3) is 0 Å². The number of nitrogen functional groups attached to an aromatic ring is 1. The second-order valence-corrected chi connectivity index (χ2v) is 8.35. The molecule has 10 heteroatoms. The van der Waals surface area contributed by atoms with Crippen LogP contribution in [0.2, 0.25) is 5.02 Å². The molecule has 0 spiro atoms. The highest BCUT2D eigenvalue weighted by molar-refractivity contribution is 6.31. The Balaban J connectivity index is 1.81. The van der Waals surface area contributed by atoms with E-state index in [2.05, 4.69) is 20.1 Å². The van der Waals surface area contributed by atoms with Crippen molar-refractivity contribution in [3.05, 3.63) is 93.1 Å². The fourth-order valence-corrected chi connectivity index (χ4v) is 4.24. The lowest BCUT2D eigenvalue weighted by atomic mass is 9.99. The molecule has 3 N–H and O–H groups in total. The number of pyridine rings is 2. The van der Waals surface area contributed by atoms with Crippen molar-refractivity contribution in [2.24, 2.45) is 0 Å². The largest absolute Gasteiger partial charge is 0.428 e. The van der Waals surface area contributed by atoms with Crippen LogP contribution in [0.25, 0.3) is 28.0 Å². The van der Waals surface area contributed by atoms with Crippen molar-refractivity contribution in [3.63, 3.8) is 0 Å². The Morgan fingerprint density at radius 1 is 1.09 bits per heavy atom. The minimum atomic E-state index is -0.557. The lowest BCUT2D eigenvalue weighted by Crippen LogP contribution is -2.44. The number of rotatable bonds is 4. The third kappa shape index (κ3) is 3.80. The zero-order valence-corrected chi connectivity index (χ0v) is 19.1. The molecular weight excluding hydrogens is 457 g/mol. The minimum absolute atomic E-state index is 0.00637. The second kappa shape index (κ2) is 8.35. The molecule has 0 fully saturated rings. The van der Waals surface area contributed by atoms with Crippen molar-refractivity contribution >= 4 is 23.2 Å². The van der Waals surface area contributed by atoms with Gasteiger partial charge in [-0.25, -0.2) is 14.3 Å². The number of aromatic nitrogens is 6. The number of benzene rings is 1. The first kappa shape index (κ1) is 21.7. The summed E-state index contributed by atoms with van der Waals surface area (Å²) in [4.78, 5) is 26.4. The highest BCUT2D eigenvalue weighted by Crippen LogP contribution is 2.33. The lowest BCUT2D eigenvalue weighted by molar-refractivity contribution is -0.516. The van der Waals surface area contributed by atoms with Crippen LogP contribution in [0.4, 0.5) is 10.3 Å². The quantitative estimate of drug-likeness (QED) is 0.386. The molecule has 4 heterocycles. The van der Waals surface area contributed by atoms with E-state index in [1.54, 1.807) is 0 Å². The van der Waals surface area contributed by atoms with E-state index in [1.807, 2.05) is 56.3 Å². The number of nitrogens with two attached hydrogens (primary N) is 1. The van der Waals surface area contributed by atoms with Crippen LogP contribution in [0.1, 0.15) is 17.1 Å². The summed E-state index contributed by atoms with van der Waals surface area (Å²) >= 11 is 6.15. The van der Waals surface area contributed by atoms with Gasteiger partial charge in [0.2, 0.25) is 5.65 Å². The second-order valence-electron chi connectivity index (χ2n) is 7.94. The number of H-pyrrole nitrogens is 1. The maximum atomic E-state index is 13.4. The van der Waals surface area contributed by atoms with E-state index >= 15 is 0 Å². The van der Waals surface area contributed by atoms with Crippen LogP contribution in [0.3, 0.4) is 0 Å². The topological polar surface area (TPSA) is 107 Å². The molecule has 0 saturated heterocycles. The first-order valence-electron chi connectivity index (χ1n) is 10.5. The molecule has 34 heavy (non-hydrogen) atoms. The predicted molar refractivity (Wildman–Crippen MR) is 127 cm³/mol. The Hall–Kier alpha value is -4.11. The average molecular weight is 477 g/mol. The molecule has 5 aromatic rings. The Morgan fingerprint density at radius 2 is 1.79 bits per heavy atom. The number of hydrogen-bond donors (Lipinski definition) is 2. The molecular formula is C24H20ClFN7O+. The van der Waals surface area contributed by atoms with Crippen LogP contribution >= 0.6 is 11.6 Å². The summed E-state index contributed by atoms with van der Waals surface area (Å²) in [6, 6.07) is 14.6. The van der Waals surface area contributed by atoms with Gasteiger partial charge in [-0.3, -0.25) is 9.97 Å². The van der Waals surface area contributed by atoms with E-state index in [9.17, 15) is 9.18 Å². The maximum Gasteiger partial charge on any atom is 0.428 e. The van der Waals surface area contributed by atoms with E-state index in [4.69, 9.17) is 17.3 Å². The summed E-state index contributed by atoms with van der Waals surface area (Å²) in [6.45, 7) is 3.81. The van der Waals surface area contributed by atoms with E-state index in [0.717, 1.165) is 34.8 Å². The van der Waals surface area contributed by atoms with Gasteiger partial charge in [0, 0.05) is 17.0 Å². The van der Waals surface area contributed by atoms with E-state index in [1.165, 1.54) is 9.08 Å². The van der Waals surface area contributed by atoms with Crippen molar-refractivity contribution < 1.29 is 8.79 Å². The average Bonchev–Trinajstić information content (AvgIpc) is 3.11. The van der Waals surface area contributed by atoms with Crippen LogP contribution in [0.15, 0.2) is 59.5 Å². The third-order valence-electron chi connectivity index (χ3n) is 5.42. The predicted octanol–water partition coefficient (Wildman–Crippen LogP) is 3.47. The van der Waals surface area contributed by atoms with Crippen LogP contribution < -0.4 is 15.8 Å². The molecule has 0 bridgehead atoms. The number of aromatic amines is 1. The molecule has 5 rings (SSSR count). The number of nitrogens with zero attached hydrogens (tertiary/aromatic N) is 5. The van der Waals surface area contributed by atoms with Gasteiger partial charge < -0.3 is 5.73 Å². The molecule has 0 aliphatic carbocycles. The fraction of sp³-hybridized carbons (Fsp3) is 0.125. The SMILES string of the molecule is Cc1cc(-c2c(-c3ccccc3)nc(N)[n+]3c(=O)n(Cc4ncc(F)cc4Cl)[nH]c23)cc(C)n1. The molecule has 0 amide bonds. The van der Waals surface area contributed by atoms with Gasteiger partial charge >= 0.3 is 11.6 Å². The first-order valence-corrected chi connectivity index (χ1v) is 10.8. The highest BCUT2D eigenvalue weighted by Gasteiger charge is 2.26. The molecule has 170 valence electrons. The summed E-state index contributed by atoms with van der Waals surface area (Å²) in [7, 11) is 0. The Bertz CT molecular complexity index is 1590. The molecule has 0 unspecified atom stereocenters. The normalized spacial score (nSPS) is 11.3. The Labute approximate surface area is 198 Å². The molecule has 0 saturated carbocycles. The standard InChI is InChI=1S/C24H19ClFN7O/c1-13-8-16(9-14(2)29-13)20-21(15-6-4-3-5-7-15)30-23(27)33-22(20)31-32(24(33)34)12-19-18(25)10-17(26)11-28-19/h3-11H,12H2,1-2H3,(H2,27,29,30,31)/p+1. The molecule has 0 atom stereocenters. The van der Waals surface area contributed by atoms with E-state index < -0.39 is 11.5 Å². The summed E-state index contributed by atoms with van der Waals surface area (Å²) in [5, 5.41) is 3.26. The van der Waals surface area contributed by atoms with Gasteiger partial charge in [-0.05, 0) is 37.6 Å². The van der Waals surface area contributed by atoms with Crippen molar-refractivity contribution in [2.45, 2.75) is 20.4 Å². The molecule has 0 aliphatic heterocycles. The number of fused-ring (bicyclic) bond motifs is 1. The molecule has 0 aliphatic rings. The van der Waals surface area contributed by atoms with E-state index in [-0.39, 0.29) is 17.5 Å². The fourth-order valence-electron chi connectivity index (χ4n) is 4.03. The van der Waals surface area contributed by atoms with Crippen molar-refractivity contribution in [1.29, 1.82) is 0 Å². The number of anilines is 1. The van der Waals surface area contributed by atoms with Gasteiger partial charge in [0.05, 0.1) is 22.5 Å². The number of nitrogens with one attached hydrogen (secondary N) is 1. The third-order valence-corrected chi connectivity index (χ3v) is 5.75. The van der Waals surface area contributed by atoms with Crippen LogP contribution in [-0.2, 0) is 6.54 Å². The van der Waals surface area contributed by atoms with Gasteiger partial charge in [0.15, 0.2) is 0 Å². The van der Waals surface area contributed by atoms with Crippen molar-refractivity contribution in [3.8, 4) is 22.4 Å². The van der Waals surface area contributed by atoms with Crippen molar-refractivity contribution in [2.75, 3.05) is 5.73 Å². The Morgan fingerprint density at radius 3 is 2.47 bits per heavy atom. The Kier molecular flexibility index (Phi) is 5.33. The maximum absolute atomic E-state index is 13.4. The molecule has 8 nitrogen and oxygen atoms in total. The van der Waals surface area contributed by atoms with Gasteiger partial charge in [-0.2, -0.15) is 4.68 Å². The highest BCUT2D eigenvalue weighted by atomic mass is 35.5. The summed E-state index contributed by atoms with van der Waals surface area (Å²) < 4.78 is 16.1. The first-order chi connectivity index (χ1) is 16.3. The summed E-state index contributed by atoms with van der Waals surface area (Å²) in [5.41, 5.74) is 11.3. The monoisotopic (exact) mass is 476 g/mol. The van der Waals surface area contributed by atoms with Gasteiger partial charge in [-0.15, -0.1) is 9.38 Å². The van der Waals surface area contributed by atoms with Crippen LogP contribution in [0, 0.1) is 19.7 Å².